The van der Waals surface area contributed by atoms with Crippen LogP contribution < -0.4 is 10.1 Å². The lowest BCUT2D eigenvalue weighted by atomic mass is 10.2. The van der Waals surface area contributed by atoms with E-state index in [1.165, 1.54) is 6.07 Å². The van der Waals surface area contributed by atoms with Crippen LogP contribution in [-0.4, -0.2) is 6.54 Å². The number of benzene rings is 1. The van der Waals surface area contributed by atoms with Gasteiger partial charge in [-0.05, 0) is 43.7 Å². The van der Waals surface area contributed by atoms with E-state index in [1.807, 2.05) is 13.0 Å². The first kappa shape index (κ1) is 15.5. The highest BCUT2D eigenvalue weighted by atomic mass is 19.1. The fraction of sp³-hybridized carbons (Fsp3) is 0.375. The van der Waals surface area contributed by atoms with Gasteiger partial charge >= 0.3 is 0 Å². The molecule has 1 aromatic heterocycles. The fourth-order valence-corrected chi connectivity index (χ4v) is 1.96. The van der Waals surface area contributed by atoms with Crippen molar-refractivity contribution in [1.82, 2.24) is 5.32 Å². The normalized spacial score (nSPS) is 10.9. The molecule has 0 aliphatic heterocycles. The molecule has 2 rings (SSSR count). The van der Waals surface area contributed by atoms with E-state index in [-0.39, 0.29) is 12.4 Å². The first-order chi connectivity index (χ1) is 10.1. The van der Waals surface area contributed by atoms with Crippen LogP contribution in [0.15, 0.2) is 28.7 Å². The van der Waals surface area contributed by atoms with Crippen molar-refractivity contribution in [2.24, 2.45) is 0 Å². The monoisotopic (exact) mass is 295 g/mol. The highest BCUT2D eigenvalue weighted by Crippen LogP contribution is 2.21. The average Bonchev–Trinajstić information content (AvgIpc) is 2.79. The van der Waals surface area contributed by atoms with E-state index in [9.17, 15) is 8.78 Å². The van der Waals surface area contributed by atoms with Gasteiger partial charge < -0.3 is 14.5 Å². The van der Waals surface area contributed by atoms with Crippen LogP contribution in [-0.2, 0) is 13.2 Å². The molecule has 0 aliphatic rings. The molecule has 2 aromatic rings. The summed E-state index contributed by atoms with van der Waals surface area (Å²) in [4.78, 5) is 0. The summed E-state index contributed by atoms with van der Waals surface area (Å²) in [5.74, 6) is 0.128. The SMILES string of the molecule is CCCNCc1oc(COc2ccc(F)cc2F)cc1C. The third-order valence-corrected chi connectivity index (χ3v) is 3.05. The molecule has 0 unspecified atom stereocenters. The van der Waals surface area contributed by atoms with E-state index in [2.05, 4.69) is 12.2 Å². The molecule has 114 valence electrons. The van der Waals surface area contributed by atoms with Crippen molar-refractivity contribution in [2.75, 3.05) is 6.54 Å². The lowest BCUT2D eigenvalue weighted by Gasteiger charge is -2.05. The van der Waals surface area contributed by atoms with Crippen LogP contribution in [0.25, 0.3) is 0 Å². The van der Waals surface area contributed by atoms with Crippen LogP contribution in [0.5, 0.6) is 5.75 Å². The molecule has 1 heterocycles. The van der Waals surface area contributed by atoms with E-state index in [0.717, 1.165) is 36.4 Å². The lowest BCUT2D eigenvalue weighted by Crippen LogP contribution is -2.13. The van der Waals surface area contributed by atoms with E-state index in [4.69, 9.17) is 9.15 Å². The first-order valence-corrected chi connectivity index (χ1v) is 6.97. The van der Waals surface area contributed by atoms with Gasteiger partial charge in [-0.15, -0.1) is 0 Å². The van der Waals surface area contributed by atoms with Crippen molar-refractivity contribution >= 4 is 0 Å². The number of nitrogens with one attached hydrogen (secondary N) is 1. The summed E-state index contributed by atoms with van der Waals surface area (Å²) in [7, 11) is 0. The molecular formula is C16H19F2NO2. The number of aryl methyl sites for hydroxylation is 1. The zero-order valence-corrected chi connectivity index (χ0v) is 12.2. The number of hydrogen-bond donors (Lipinski definition) is 1. The molecule has 0 fully saturated rings. The second-order valence-electron chi connectivity index (χ2n) is 4.86. The Kier molecular flexibility index (Phi) is 5.33. The zero-order valence-electron chi connectivity index (χ0n) is 12.2. The largest absolute Gasteiger partial charge is 0.483 e. The molecule has 0 saturated carbocycles. The van der Waals surface area contributed by atoms with Crippen molar-refractivity contribution < 1.29 is 17.9 Å². The minimum atomic E-state index is -0.719. The van der Waals surface area contributed by atoms with Crippen molar-refractivity contribution in [3.05, 3.63) is 53.0 Å². The molecule has 0 bridgehead atoms. The molecule has 3 nitrogen and oxygen atoms in total. The summed E-state index contributed by atoms with van der Waals surface area (Å²) < 4.78 is 37.2. The highest BCUT2D eigenvalue weighted by Gasteiger charge is 2.10. The van der Waals surface area contributed by atoms with Crippen LogP contribution in [0, 0.1) is 18.6 Å². The maximum atomic E-state index is 13.4. The molecule has 1 aromatic carbocycles. The quantitative estimate of drug-likeness (QED) is 0.786. The molecule has 1 N–H and O–H groups in total. The Morgan fingerprint density at radius 2 is 2.05 bits per heavy atom. The third-order valence-electron chi connectivity index (χ3n) is 3.05. The Balaban J connectivity index is 1.95. The fourth-order valence-electron chi connectivity index (χ4n) is 1.96. The number of furan rings is 1. The van der Waals surface area contributed by atoms with Crippen molar-refractivity contribution in [3.63, 3.8) is 0 Å². The zero-order chi connectivity index (χ0) is 15.2. The van der Waals surface area contributed by atoms with Gasteiger partial charge in [0.1, 0.15) is 23.9 Å². The Hall–Kier alpha value is -1.88. The van der Waals surface area contributed by atoms with E-state index >= 15 is 0 Å². The standard InChI is InChI=1S/C16H19F2NO2/c1-3-6-19-9-16-11(2)7-13(21-16)10-20-15-5-4-12(17)8-14(15)18/h4-5,7-8,19H,3,6,9-10H2,1-2H3. The Bertz CT molecular complexity index is 596. The van der Waals surface area contributed by atoms with Gasteiger partial charge in [0.15, 0.2) is 11.6 Å². The van der Waals surface area contributed by atoms with Gasteiger partial charge in [0.25, 0.3) is 0 Å². The Labute approximate surface area is 122 Å². The number of halogens is 2. The van der Waals surface area contributed by atoms with E-state index < -0.39 is 11.6 Å². The van der Waals surface area contributed by atoms with Gasteiger partial charge in [0.05, 0.1) is 6.54 Å². The molecule has 0 aliphatic carbocycles. The van der Waals surface area contributed by atoms with Crippen LogP contribution in [0.4, 0.5) is 8.78 Å². The minimum Gasteiger partial charge on any atom is -0.483 e. The summed E-state index contributed by atoms with van der Waals surface area (Å²) in [6.07, 6.45) is 1.06. The third kappa shape index (κ3) is 4.29. The van der Waals surface area contributed by atoms with Crippen molar-refractivity contribution in [2.45, 2.75) is 33.4 Å². The van der Waals surface area contributed by atoms with Crippen LogP contribution in [0.2, 0.25) is 0 Å². The maximum absolute atomic E-state index is 13.4. The van der Waals surface area contributed by atoms with Gasteiger partial charge in [0, 0.05) is 6.07 Å². The Morgan fingerprint density at radius 3 is 2.76 bits per heavy atom. The van der Waals surface area contributed by atoms with Crippen LogP contribution in [0.1, 0.15) is 30.4 Å². The molecule has 5 heteroatoms. The van der Waals surface area contributed by atoms with E-state index in [0.29, 0.717) is 12.3 Å². The first-order valence-electron chi connectivity index (χ1n) is 6.97. The smallest absolute Gasteiger partial charge is 0.167 e. The van der Waals surface area contributed by atoms with Gasteiger partial charge in [-0.25, -0.2) is 8.78 Å². The van der Waals surface area contributed by atoms with Gasteiger partial charge in [0.2, 0.25) is 0 Å². The van der Waals surface area contributed by atoms with Crippen molar-refractivity contribution in [3.8, 4) is 5.75 Å². The Morgan fingerprint density at radius 1 is 1.24 bits per heavy atom. The summed E-state index contributed by atoms with van der Waals surface area (Å²) in [5.41, 5.74) is 1.02. The predicted octanol–water partition coefficient (Wildman–Crippen LogP) is 3.94. The average molecular weight is 295 g/mol. The summed E-state index contributed by atoms with van der Waals surface area (Å²) in [6, 6.07) is 5.09. The molecule has 21 heavy (non-hydrogen) atoms. The maximum Gasteiger partial charge on any atom is 0.167 e. The second kappa shape index (κ2) is 7.22. The summed E-state index contributed by atoms with van der Waals surface area (Å²) in [5, 5.41) is 3.26. The summed E-state index contributed by atoms with van der Waals surface area (Å²) >= 11 is 0. The topological polar surface area (TPSA) is 34.4 Å². The summed E-state index contributed by atoms with van der Waals surface area (Å²) in [6.45, 7) is 5.74. The predicted molar refractivity (Wildman–Crippen MR) is 76.1 cm³/mol. The highest BCUT2D eigenvalue weighted by molar-refractivity contribution is 5.25. The minimum absolute atomic E-state index is 0.0103. The van der Waals surface area contributed by atoms with Crippen molar-refractivity contribution in [1.29, 1.82) is 0 Å². The van der Waals surface area contributed by atoms with Gasteiger partial charge in [-0.2, -0.15) is 0 Å². The second-order valence-corrected chi connectivity index (χ2v) is 4.86. The van der Waals surface area contributed by atoms with Gasteiger partial charge in [-0.1, -0.05) is 6.92 Å². The van der Waals surface area contributed by atoms with Gasteiger partial charge in [-0.3, -0.25) is 0 Å². The number of hydrogen-bond acceptors (Lipinski definition) is 3. The molecule has 0 radical (unpaired) electrons. The molecular weight excluding hydrogens is 276 g/mol. The van der Waals surface area contributed by atoms with E-state index in [1.54, 1.807) is 0 Å². The lowest BCUT2D eigenvalue weighted by molar-refractivity contribution is 0.253. The molecule has 0 atom stereocenters. The van der Waals surface area contributed by atoms with Crippen LogP contribution in [0.3, 0.4) is 0 Å². The molecule has 0 saturated heterocycles. The number of ether oxygens (including phenoxy) is 1. The molecule has 0 amide bonds. The molecule has 0 spiro atoms. The number of rotatable bonds is 7. The van der Waals surface area contributed by atoms with Crippen LogP contribution >= 0.6 is 0 Å².